The number of anilines is 1. The SMILES string of the molecule is CN(CC(=O)Nc1ccccc1Cl)C(=O)COC(=O)CCC1CCCC1. The molecule has 0 saturated heterocycles. The Kier molecular flexibility index (Phi) is 7.91. The molecule has 1 aromatic carbocycles. The number of nitrogens with one attached hydrogen (secondary N) is 1. The lowest BCUT2D eigenvalue weighted by molar-refractivity contribution is -0.152. The molecule has 0 aromatic heterocycles. The summed E-state index contributed by atoms with van der Waals surface area (Å²) in [5.74, 6) is -0.552. The first kappa shape index (κ1) is 20.2. The summed E-state index contributed by atoms with van der Waals surface area (Å²) >= 11 is 5.98. The number of carbonyl (C=O) groups excluding carboxylic acids is 3. The first-order valence-electron chi connectivity index (χ1n) is 8.89. The number of nitrogens with zero attached hydrogens (tertiary/aromatic N) is 1. The van der Waals surface area contributed by atoms with E-state index in [0.29, 0.717) is 23.0 Å². The summed E-state index contributed by atoms with van der Waals surface area (Å²) < 4.78 is 5.02. The average Bonchev–Trinajstić information content (AvgIpc) is 3.13. The molecule has 0 aliphatic heterocycles. The molecule has 2 rings (SSSR count). The molecule has 6 nitrogen and oxygen atoms in total. The molecule has 1 aliphatic carbocycles. The summed E-state index contributed by atoms with van der Waals surface area (Å²) in [5.41, 5.74) is 0.485. The van der Waals surface area contributed by atoms with Crippen LogP contribution < -0.4 is 5.32 Å². The molecular weight excluding hydrogens is 356 g/mol. The second-order valence-corrected chi connectivity index (χ2v) is 7.03. The van der Waals surface area contributed by atoms with E-state index < -0.39 is 5.91 Å². The zero-order valence-corrected chi connectivity index (χ0v) is 15.8. The van der Waals surface area contributed by atoms with Gasteiger partial charge in [0, 0.05) is 13.5 Å². The Morgan fingerprint density at radius 2 is 1.92 bits per heavy atom. The molecule has 0 spiro atoms. The minimum Gasteiger partial charge on any atom is -0.456 e. The maximum atomic E-state index is 12.0. The molecule has 0 heterocycles. The number of carbonyl (C=O) groups is 3. The van der Waals surface area contributed by atoms with E-state index in [1.165, 1.54) is 37.6 Å². The predicted octanol–water partition coefficient (Wildman–Crippen LogP) is 3.25. The Morgan fingerprint density at radius 1 is 1.23 bits per heavy atom. The van der Waals surface area contributed by atoms with Gasteiger partial charge in [-0.1, -0.05) is 49.4 Å². The van der Waals surface area contributed by atoms with Crippen LogP contribution >= 0.6 is 11.6 Å². The van der Waals surface area contributed by atoms with Crippen molar-refractivity contribution >= 4 is 35.1 Å². The van der Waals surface area contributed by atoms with Gasteiger partial charge in [0.25, 0.3) is 5.91 Å². The van der Waals surface area contributed by atoms with Crippen LogP contribution in [0.1, 0.15) is 38.5 Å². The number of para-hydroxylation sites is 1. The van der Waals surface area contributed by atoms with Crippen molar-refractivity contribution in [2.45, 2.75) is 38.5 Å². The number of esters is 1. The number of halogens is 1. The molecule has 1 saturated carbocycles. The Hall–Kier alpha value is -2.08. The lowest BCUT2D eigenvalue weighted by Gasteiger charge is -2.17. The van der Waals surface area contributed by atoms with Gasteiger partial charge in [0.2, 0.25) is 5.91 Å². The van der Waals surface area contributed by atoms with Crippen LogP contribution in [0.5, 0.6) is 0 Å². The van der Waals surface area contributed by atoms with Gasteiger partial charge in [-0.3, -0.25) is 14.4 Å². The van der Waals surface area contributed by atoms with Gasteiger partial charge in [0.05, 0.1) is 17.3 Å². The minimum absolute atomic E-state index is 0.149. The van der Waals surface area contributed by atoms with Gasteiger partial charge < -0.3 is 15.0 Å². The van der Waals surface area contributed by atoms with Crippen LogP contribution in [0.15, 0.2) is 24.3 Å². The fourth-order valence-corrected chi connectivity index (χ4v) is 3.18. The highest BCUT2D eigenvalue weighted by atomic mass is 35.5. The predicted molar refractivity (Wildman–Crippen MR) is 99.9 cm³/mol. The van der Waals surface area contributed by atoms with Crippen molar-refractivity contribution in [3.05, 3.63) is 29.3 Å². The van der Waals surface area contributed by atoms with Gasteiger partial charge in [-0.2, -0.15) is 0 Å². The highest BCUT2D eigenvalue weighted by Crippen LogP contribution is 2.28. The van der Waals surface area contributed by atoms with Gasteiger partial charge in [-0.25, -0.2) is 0 Å². The third-order valence-electron chi connectivity index (χ3n) is 4.54. The fourth-order valence-electron chi connectivity index (χ4n) is 3.00. The number of hydrogen-bond acceptors (Lipinski definition) is 4. The Labute approximate surface area is 158 Å². The lowest BCUT2D eigenvalue weighted by atomic mass is 10.0. The van der Waals surface area contributed by atoms with E-state index in [1.54, 1.807) is 24.3 Å². The van der Waals surface area contributed by atoms with E-state index >= 15 is 0 Å². The molecule has 26 heavy (non-hydrogen) atoms. The van der Waals surface area contributed by atoms with E-state index in [0.717, 1.165) is 6.42 Å². The van der Waals surface area contributed by atoms with Crippen molar-refractivity contribution < 1.29 is 19.1 Å². The largest absolute Gasteiger partial charge is 0.456 e. The third-order valence-corrected chi connectivity index (χ3v) is 4.87. The monoisotopic (exact) mass is 380 g/mol. The van der Waals surface area contributed by atoms with E-state index in [4.69, 9.17) is 16.3 Å². The Morgan fingerprint density at radius 3 is 2.62 bits per heavy atom. The van der Waals surface area contributed by atoms with Crippen LogP contribution in [0.25, 0.3) is 0 Å². The van der Waals surface area contributed by atoms with Gasteiger partial charge in [-0.15, -0.1) is 0 Å². The Bertz CT molecular complexity index is 644. The molecule has 0 atom stereocenters. The first-order chi connectivity index (χ1) is 12.5. The molecule has 0 radical (unpaired) electrons. The Balaban J connectivity index is 1.67. The minimum atomic E-state index is -0.423. The number of likely N-dealkylation sites (N-methyl/N-ethyl adjacent to an activating group) is 1. The molecule has 1 fully saturated rings. The summed E-state index contributed by atoms with van der Waals surface area (Å²) in [6, 6.07) is 6.85. The smallest absolute Gasteiger partial charge is 0.306 e. The van der Waals surface area contributed by atoms with Crippen molar-refractivity contribution in [3.63, 3.8) is 0 Å². The molecule has 142 valence electrons. The lowest BCUT2D eigenvalue weighted by Crippen LogP contribution is -2.37. The van der Waals surface area contributed by atoms with Crippen molar-refractivity contribution in [2.75, 3.05) is 25.5 Å². The summed E-state index contributed by atoms with van der Waals surface area (Å²) in [7, 11) is 1.49. The highest BCUT2D eigenvalue weighted by Gasteiger charge is 2.18. The van der Waals surface area contributed by atoms with Gasteiger partial charge in [-0.05, 0) is 24.5 Å². The average molecular weight is 381 g/mol. The summed E-state index contributed by atoms with van der Waals surface area (Å²) in [5, 5.41) is 3.06. The zero-order chi connectivity index (χ0) is 18.9. The molecule has 1 aromatic rings. The second-order valence-electron chi connectivity index (χ2n) is 6.63. The van der Waals surface area contributed by atoms with E-state index in [-0.39, 0.29) is 25.0 Å². The maximum absolute atomic E-state index is 12.0. The van der Waals surface area contributed by atoms with Crippen LogP contribution in [-0.4, -0.2) is 42.9 Å². The zero-order valence-electron chi connectivity index (χ0n) is 15.0. The van der Waals surface area contributed by atoms with Crippen molar-refractivity contribution in [1.82, 2.24) is 4.90 Å². The van der Waals surface area contributed by atoms with Crippen molar-refractivity contribution in [1.29, 1.82) is 0 Å². The first-order valence-corrected chi connectivity index (χ1v) is 9.27. The normalized spacial score (nSPS) is 14.1. The van der Waals surface area contributed by atoms with E-state index in [9.17, 15) is 14.4 Å². The number of ether oxygens (including phenoxy) is 1. The highest BCUT2D eigenvalue weighted by molar-refractivity contribution is 6.33. The number of hydrogen-bond donors (Lipinski definition) is 1. The second kappa shape index (κ2) is 10.2. The summed E-state index contributed by atoms with van der Waals surface area (Å²) in [6.07, 6.45) is 5.99. The van der Waals surface area contributed by atoms with Gasteiger partial charge in [0.1, 0.15) is 0 Å². The number of rotatable bonds is 8. The van der Waals surface area contributed by atoms with Crippen LogP contribution in [0.4, 0.5) is 5.69 Å². The number of amides is 2. The van der Waals surface area contributed by atoms with Crippen LogP contribution in [-0.2, 0) is 19.1 Å². The topological polar surface area (TPSA) is 75.7 Å². The van der Waals surface area contributed by atoms with Crippen LogP contribution in [0, 0.1) is 5.92 Å². The van der Waals surface area contributed by atoms with Crippen molar-refractivity contribution in [3.8, 4) is 0 Å². The third kappa shape index (κ3) is 6.67. The molecule has 2 amide bonds. The summed E-state index contributed by atoms with van der Waals surface area (Å²) in [6.45, 7) is -0.497. The molecule has 0 unspecified atom stereocenters. The van der Waals surface area contributed by atoms with Crippen LogP contribution in [0.3, 0.4) is 0 Å². The number of benzene rings is 1. The summed E-state index contributed by atoms with van der Waals surface area (Å²) in [4.78, 5) is 37.0. The molecule has 1 N–H and O–H groups in total. The quantitative estimate of drug-likeness (QED) is 0.702. The van der Waals surface area contributed by atoms with Crippen molar-refractivity contribution in [2.24, 2.45) is 5.92 Å². The molecular formula is C19H25ClN2O4. The molecule has 7 heteroatoms. The molecule has 0 bridgehead atoms. The van der Waals surface area contributed by atoms with Crippen LogP contribution in [0.2, 0.25) is 5.02 Å². The van der Waals surface area contributed by atoms with Gasteiger partial charge >= 0.3 is 5.97 Å². The van der Waals surface area contributed by atoms with Gasteiger partial charge in [0.15, 0.2) is 6.61 Å². The maximum Gasteiger partial charge on any atom is 0.306 e. The standard InChI is InChI=1S/C19H25ClN2O4/c1-22(12-17(23)21-16-9-5-4-8-15(16)20)18(24)13-26-19(25)11-10-14-6-2-3-7-14/h4-5,8-9,14H,2-3,6-7,10-13H2,1H3,(H,21,23). The van der Waals surface area contributed by atoms with E-state index in [1.807, 2.05) is 0 Å². The fraction of sp³-hybridized carbons (Fsp3) is 0.526. The molecule has 1 aliphatic rings. The van der Waals surface area contributed by atoms with E-state index in [2.05, 4.69) is 5.32 Å².